The van der Waals surface area contributed by atoms with Crippen LogP contribution in [0.1, 0.15) is 47.9 Å². The lowest BCUT2D eigenvalue weighted by atomic mass is 9.95. The average molecular weight is 406 g/mol. The van der Waals surface area contributed by atoms with Crippen molar-refractivity contribution < 1.29 is 27.5 Å². The second-order valence-corrected chi connectivity index (χ2v) is 8.00. The van der Waals surface area contributed by atoms with E-state index in [1.165, 1.54) is 18.4 Å². The minimum atomic E-state index is -5.07. The molecule has 152 valence electrons. The highest BCUT2D eigenvalue weighted by atomic mass is 32.1. The van der Waals surface area contributed by atoms with Crippen molar-refractivity contribution in [2.24, 2.45) is 0 Å². The molecule has 1 saturated carbocycles. The van der Waals surface area contributed by atoms with E-state index in [1.807, 2.05) is 0 Å². The molecule has 1 N–H and O–H groups in total. The van der Waals surface area contributed by atoms with Crippen molar-refractivity contribution >= 4 is 23.2 Å². The van der Waals surface area contributed by atoms with Crippen LogP contribution in [0, 0.1) is 6.92 Å². The Morgan fingerprint density at radius 3 is 2.48 bits per heavy atom. The summed E-state index contributed by atoms with van der Waals surface area (Å²) >= 11 is 1.21. The first-order valence-electron chi connectivity index (χ1n) is 8.97. The normalized spacial score (nSPS) is 16.8. The van der Waals surface area contributed by atoms with Gasteiger partial charge in [-0.05, 0) is 31.9 Å². The molecule has 1 aliphatic rings. The molecule has 9 heteroatoms. The maximum Gasteiger partial charge on any atom is 0.471 e. The van der Waals surface area contributed by atoms with Crippen LogP contribution in [0.4, 0.5) is 13.2 Å². The molecule has 1 aromatic heterocycles. The predicted molar refractivity (Wildman–Crippen MR) is 96.5 cm³/mol. The fourth-order valence-electron chi connectivity index (χ4n) is 3.25. The molecule has 2 rings (SSSR count). The Kier molecular flexibility index (Phi) is 7.67. The Bertz CT molecular complexity index is 642. The largest absolute Gasteiger partial charge is 0.471 e. The molecule has 0 radical (unpaired) electrons. The van der Waals surface area contributed by atoms with E-state index in [-0.39, 0.29) is 19.2 Å². The second kappa shape index (κ2) is 9.54. The van der Waals surface area contributed by atoms with Crippen molar-refractivity contribution in [3.8, 4) is 0 Å². The van der Waals surface area contributed by atoms with Gasteiger partial charge in [0.1, 0.15) is 6.04 Å². The Balaban J connectivity index is 2.32. The van der Waals surface area contributed by atoms with Crippen molar-refractivity contribution in [2.45, 2.75) is 57.3 Å². The van der Waals surface area contributed by atoms with Gasteiger partial charge in [0.2, 0.25) is 5.91 Å². The van der Waals surface area contributed by atoms with E-state index in [9.17, 15) is 22.8 Å². The van der Waals surface area contributed by atoms with Crippen molar-refractivity contribution in [1.82, 2.24) is 10.2 Å². The highest BCUT2D eigenvalue weighted by Crippen LogP contribution is 2.32. The molecule has 1 aliphatic carbocycles. The molecule has 0 saturated heterocycles. The van der Waals surface area contributed by atoms with E-state index in [0.29, 0.717) is 9.78 Å². The first-order chi connectivity index (χ1) is 12.7. The van der Waals surface area contributed by atoms with Crippen molar-refractivity contribution in [3.05, 3.63) is 21.9 Å². The molecule has 5 nitrogen and oxygen atoms in total. The summed E-state index contributed by atoms with van der Waals surface area (Å²) < 4.78 is 44.4. The summed E-state index contributed by atoms with van der Waals surface area (Å²) in [6, 6.07) is 1.94. The minimum Gasteiger partial charge on any atom is -0.383 e. The fraction of sp³-hybridized carbons (Fsp3) is 0.667. The quantitative estimate of drug-likeness (QED) is 0.753. The van der Waals surface area contributed by atoms with E-state index in [4.69, 9.17) is 4.74 Å². The third kappa shape index (κ3) is 5.93. The van der Waals surface area contributed by atoms with Gasteiger partial charge in [-0.15, -0.1) is 11.3 Å². The Labute approximate surface area is 160 Å². The van der Waals surface area contributed by atoms with Gasteiger partial charge in [-0.2, -0.15) is 13.2 Å². The maximum atomic E-state index is 13.2. The van der Waals surface area contributed by atoms with Crippen LogP contribution in [0.3, 0.4) is 0 Å². The summed E-state index contributed by atoms with van der Waals surface area (Å²) in [5, 5.41) is 2.86. The molecule has 27 heavy (non-hydrogen) atoms. The minimum absolute atomic E-state index is 0.0694. The zero-order chi connectivity index (χ0) is 20.0. The van der Waals surface area contributed by atoms with Crippen LogP contribution in [0.25, 0.3) is 0 Å². The number of carbonyl (C=O) groups excluding carboxylic acids is 2. The topological polar surface area (TPSA) is 58.6 Å². The van der Waals surface area contributed by atoms with Gasteiger partial charge in [-0.3, -0.25) is 9.59 Å². The standard InChI is InChI=1S/C18H25F3N2O3S/c1-12-8-9-14(27-12)15(16(24)22-13-6-4-3-5-7-13)23(10-11-26-2)17(25)18(19,20)21/h8-9,13,15H,3-7,10-11H2,1-2H3,(H,22,24)/t15-/m1/s1. The fourth-order valence-corrected chi connectivity index (χ4v) is 4.24. The molecule has 0 spiro atoms. The van der Waals surface area contributed by atoms with Crippen LogP contribution in [0.5, 0.6) is 0 Å². The first kappa shape index (κ1) is 21.7. The third-order valence-corrected chi connectivity index (χ3v) is 5.64. The number of hydrogen-bond donors (Lipinski definition) is 1. The van der Waals surface area contributed by atoms with E-state index in [1.54, 1.807) is 19.1 Å². The highest BCUT2D eigenvalue weighted by Gasteiger charge is 2.47. The van der Waals surface area contributed by atoms with Gasteiger partial charge in [0.15, 0.2) is 0 Å². The van der Waals surface area contributed by atoms with Crippen LogP contribution in [0.2, 0.25) is 0 Å². The highest BCUT2D eigenvalue weighted by molar-refractivity contribution is 7.12. The van der Waals surface area contributed by atoms with E-state index in [2.05, 4.69) is 5.32 Å². The molecule has 1 fully saturated rings. The molecule has 0 unspecified atom stereocenters. The van der Waals surface area contributed by atoms with Crippen LogP contribution < -0.4 is 5.32 Å². The van der Waals surface area contributed by atoms with Gasteiger partial charge in [0.05, 0.1) is 6.61 Å². The Morgan fingerprint density at radius 1 is 1.30 bits per heavy atom. The number of aryl methyl sites for hydroxylation is 1. The summed E-state index contributed by atoms with van der Waals surface area (Å²) in [4.78, 5) is 26.9. The molecule has 1 heterocycles. The SMILES string of the molecule is COCCN(C(=O)C(F)(F)F)[C@@H](C(=O)NC1CCCCC1)c1ccc(C)s1. The number of rotatable bonds is 7. The average Bonchev–Trinajstić information content (AvgIpc) is 3.03. The van der Waals surface area contributed by atoms with E-state index < -0.39 is 24.0 Å². The van der Waals surface area contributed by atoms with Gasteiger partial charge >= 0.3 is 12.1 Å². The molecule has 2 amide bonds. The number of halogens is 3. The second-order valence-electron chi connectivity index (χ2n) is 6.68. The summed E-state index contributed by atoms with van der Waals surface area (Å²) in [5.74, 6) is -2.60. The molecule has 0 aliphatic heterocycles. The molecule has 1 atom stereocenters. The zero-order valence-corrected chi connectivity index (χ0v) is 16.3. The Morgan fingerprint density at radius 2 is 1.96 bits per heavy atom. The zero-order valence-electron chi connectivity index (χ0n) is 15.5. The van der Waals surface area contributed by atoms with Gasteiger partial charge in [-0.25, -0.2) is 0 Å². The monoisotopic (exact) mass is 406 g/mol. The number of thiophene rings is 1. The molecule has 1 aromatic rings. The summed E-state index contributed by atoms with van der Waals surface area (Å²) in [7, 11) is 1.34. The lowest BCUT2D eigenvalue weighted by Gasteiger charge is -2.32. The molecular weight excluding hydrogens is 381 g/mol. The Hall–Kier alpha value is -1.61. The summed E-state index contributed by atoms with van der Waals surface area (Å²) in [5.41, 5.74) is 0. The van der Waals surface area contributed by atoms with E-state index >= 15 is 0 Å². The van der Waals surface area contributed by atoms with E-state index in [0.717, 1.165) is 37.0 Å². The smallest absolute Gasteiger partial charge is 0.383 e. The van der Waals surface area contributed by atoms with Crippen molar-refractivity contribution in [3.63, 3.8) is 0 Å². The van der Waals surface area contributed by atoms with Crippen molar-refractivity contribution in [2.75, 3.05) is 20.3 Å². The van der Waals surface area contributed by atoms with Gasteiger partial charge in [0, 0.05) is 29.5 Å². The summed E-state index contributed by atoms with van der Waals surface area (Å²) in [6.07, 6.45) is -0.429. The number of hydrogen-bond acceptors (Lipinski definition) is 4. The number of nitrogens with one attached hydrogen (secondary N) is 1. The van der Waals surface area contributed by atoms with Crippen LogP contribution in [0.15, 0.2) is 12.1 Å². The third-order valence-electron chi connectivity index (χ3n) is 4.58. The van der Waals surface area contributed by atoms with Crippen LogP contribution in [-0.2, 0) is 14.3 Å². The van der Waals surface area contributed by atoms with Crippen LogP contribution in [-0.4, -0.2) is 49.2 Å². The van der Waals surface area contributed by atoms with Crippen molar-refractivity contribution in [1.29, 1.82) is 0 Å². The number of carbonyl (C=O) groups is 2. The predicted octanol–water partition coefficient (Wildman–Crippen LogP) is 3.58. The van der Waals surface area contributed by atoms with Gasteiger partial charge in [-0.1, -0.05) is 19.3 Å². The van der Waals surface area contributed by atoms with Gasteiger partial charge < -0.3 is 15.0 Å². The molecule has 0 bridgehead atoms. The number of alkyl halides is 3. The number of methoxy groups -OCH3 is 1. The first-order valence-corrected chi connectivity index (χ1v) is 9.79. The lowest BCUT2D eigenvalue weighted by Crippen LogP contribution is -2.51. The lowest BCUT2D eigenvalue weighted by molar-refractivity contribution is -0.189. The summed E-state index contributed by atoms with van der Waals surface area (Å²) in [6.45, 7) is 1.38. The number of nitrogens with zero attached hydrogens (tertiary/aromatic N) is 1. The van der Waals surface area contributed by atoms with Crippen LogP contribution >= 0.6 is 11.3 Å². The maximum absolute atomic E-state index is 13.2. The molecule has 0 aromatic carbocycles. The van der Waals surface area contributed by atoms with Gasteiger partial charge in [0.25, 0.3) is 0 Å². The number of amides is 2. The number of ether oxygens (including phenoxy) is 1. The molecular formula is C18H25F3N2O3S.